The van der Waals surface area contributed by atoms with E-state index in [1.165, 1.54) is 10.5 Å². The predicted octanol–water partition coefficient (Wildman–Crippen LogP) is 2.59. The van der Waals surface area contributed by atoms with Gasteiger partial charge in [0.15, 0.2) is 0 Å². The number of rotatable bonds is 6. The minimum Gasteiger partial charge on any atom is -0.464 e. The number of hydrogen-bond donors (Lipinski definition) is 2. The zero-order valence-corrected chi connectivity index (χ0v) is 15.9. The van der Waals surface area contributed by atoms with Crippen LogP contribution in [0.1, 0.15) is 28.3 Å². The molecule has 0 bridgehead atoms. The van der Waals surface area contributed by atoms with Crippen LogP contribution in [0.3, 0.4) is 0 Å². The van der Waals surface area contributed by atoms with Crippen LogP contribution < -0.4 is 10.2 Å². The van der Waals surface area contributed by atoms with Gasteiger partial charge in [0.2, 0.25) is 5.91 Å². The lowest BCUT2D eigenvalue weighted by atomic mass is 10.0. The summed E-state index contributed by atoms with van der Waals surface area (Å²) in [5.74, 6) is 0.0148. The number of carbonyl (C=O) groups excluding carboxylic acids is 1. The van der Waals surface area contributed by atoms with E-state index in [-0.39, 0.29) is 11.9 Å². The molecule has 1 aromatic heterocycles. The number of likely N-dealkylation sites (N-methyl/N-ethyl adjacent to an activating group) is 1. The molecule has 0 saturated carbocycles. The van der Waals surface area contributed by atoms with Gasteiger partial charge in [0.05, 0.1) is 26.8 Å². The molecule has 0 fully saturated rings. The Morgan fingerprint density at radius 3 is 2.54 bits per heavy atom. The second kappa shape index (κ2) is 7.75. The number of amides is 1. The van der Waals surface area contributed by atoms with Gasteiger partial charge in [-0.1, -0.05) is 42.5 Å². The molecule has 4 nitrogen and oxygen atoms in total. The maximum Gasteiger partial charge on any atom is 0.225 e. The Hall–Kier alpha value is -2.59. The third-order valence-corrected chi connectivity index (χ3v) is 4.84. The molecule has 1 heterocycles. The average molecular weight is 351 g/mol. The molecule has 0 radical (unpaired) electrons. The number of nitrogens with one attached hydrogen (secondary N) is 2. The second-order valence-corrected chi connectivity index (χ2v) is 7.26. The summed E-state index contributed by atoms with van der Waals surface area (Å²) in [6.07, 6.45) is 2.03. The molecule has 2 N–H and O–H groups in total. The van der Waals surface area contributed by atoms with Gasteiger partial charge in [0.25, 0.3) is 0 Å². The van der Waals surface area contributed by atoms with Crippen LogP contribution >= 0.6 is 0 Å². The van der Waals surface area contributed by atoms with Crippen molar-refractivity contribution in [3.05, 3.63) is 71.0 Å². The largest absolute Gasteiger partial charge is 0.464 e. The van der Waals surface area contributed by atoms with Crippen molar-refractivity contribution in [2.24, 2.45) is 0 Å². The quantitative estimate of drug-likeness (QED) is 0.717. The average Bonchev–Trinajstić information content (AvgIpc) is 3.01. The van der Waals surface area contributed by atoms with Gasteiger partial charge in [-0.3, -0.25) is 4.79 Å². The van der Waals surface area contributed by atoms with Crippen molar-refractivity contribution < 1.29 is 14.1 Å². The summed E-state index contributed by atoms with van der Waals surface area (Å²) in [4.78, 5) is 14.0. The van der Waals surface area contributed by atoms with Crippen LogP contribution in [0.2, 0.25) is 0 Å². The summed E-state index contributed by atoms with van der Waals surface area (Å²) >= 11 is 0. The standard InChI is InChI=1S/C22H26N2O2/c1-15-10-11-19-18(14-26-22(19)16(15)2)12-21(25)23-20(13-24(3)4)17-8-6-5-7-9-17/h5-11,14,20H,12-13H2,1-4H3,(H,23,25)/p+1/t20-/m0/s1. The number of carbonyl (C=O) groups is 1. The SMILES string of the molecule is Cc1ccc2c(CC(=O)N[C@@H](C[NH+](C)C)c3ccccc3)coc2c1C. The van der Waals surface area contributed by atoms with E-state index in [0.29, 0.717) is 6.42 Å². The zero-order valence-electron chi connectivity index (χ0n) is 15.9. The fraction of sp³-hybridized carbons (Fsp3) is 0.318. The van der Waals surface area contributed by atoms with Crippen LogP contribution in [0.15, 0.2) is 53.1 Å². The van der Waals surface area contributed by atoms with Crippen molar-refractivity contribution in [3.63, 3.8) is 0 Å². The first kappa shape index (κ1) is 18.2. The molecular formula is C22H27N2O2+. The maximum atomic E-state index is 12.7. The molecule has 0 aliphatic carbocycles. The zero-order chi connectivity index (χ0) is 18.7. The Balaban J connectivity index is 1.78. The normalized spacial score (nSPS) is 12.5. The van der Waals surface area contributed by atoms with Crippen LogP contribution in [0.4, 0.5) is 0 Å². The number of benzene rings is 2. The molecule has 0 spiro atoms. The number of aryl methyl sites for hydroxylation is 2. The van der Waals surface area contributed by atoms with Gasteiger partial charge in [-0.2, -0.15) is 0 Å². The number of hydrogen-bond acceptors (Lipinski definition) is 2. The Kier molecular flexibility index (Phi) is 5.43. The first-order valence-corrected chi connectivity index (χ1v) is 9.05. The van der Waals surface area contributed by atoms with Crippen molar-refractivity contribution in [2.45, 2.75) is 26.3 Å². The smallest absolute Gasteiger partial charge is 0.225 e. The summed E-state index contributed by atoms with van der Waals surface area (Å²) in [5.41, 5.74) is 5.27. The Labute approximate surface area is 154 Å². The third kappa shape index (κ3) is 3.97. The molecule has 0 saturated heterocycles. The summed E-state index contributed by atoms with van der Waals surface area (Å²) < 4.78 is 5.73. The van der Waals surface area contributed by atoms with E-state index in [9.17, 15) is 4.79 Å². The molecule has 0 aliphatic heterocycles. The third-order valence-electron chi connectivity index (χ3n) is 4.84. The van der Waals surface area contributed by atoms with E-state index in [0.717, 1.165) is 34.2 Å². The minimum absolute atomic E-state index is 0.00385. The van der Waals surface area contributed by atoms with Crippen LogP contribution in [-0.4, -0.2) is 26.5 Å². The molecule has 26 heavy (non-hydrogen) atoms. The Morgan fingerprint density at radius 2 is 1.85 bits per heavy atom. The lowest BCUT2D eigenvalue weighted by Crippen LogP contribution is -3.06. The van der Waals surface area contributed by atoms with Gasteiger partial charge < -0.3 is 14.6 Å². The van der Waals surface area contributed by atoms with Crippen molar-refractivity contribution in [3.8, 4) is 0 Å². The van der Waals surface area contributed by atoms with Crippen LogP contribution in [0, 0.1) is 13.8 Å². The fourth-order valence-corrected chi connectivity index (χ4v) is 3.29. The topological polar surface area (TPSA) is 46.7 Å². The summed E-state index contributed by atoms with van der Waals surface area (Å²) in [7, 11) is 4.19. The molecule has 136 valence electrons. The van der Waals surface area contributed by atoms with Gasteiger partial charge in [0, 0.05) is 10.9 Å². The van der Waals surface area contributed by atoms with Gasteiger partial charge in [-0.15, -0.1) is 0 Å². The summed E-state index contributed by atoms with van der Waals surface area (Å²) in [5, 5.41) is 4.22. The predicted molar refractivity (Wildman–Crippen MR) is 104 cm³/mol. The molecule has 0 aliphatic rings. The lowest BCUT2D eigenvalue weighted by molar-refractivity contribution is -0.860. The van der Waals surface area contributed by atoms with Crippen molar-refractivity contribution >= 4 is 16.9 Å². The van der Waals surface area contributed by atoms with E-state index in [1.54, 1.807) is 6.26 Å². The first-order valence-electron chi connectivity index (χ1n) is 9.05. The highest BCUT2D eigenvalue weighted by atomic mass is 16.3. The Morgan fingerprint density at radius 1 is 1.12 bits per heavy atom. The fourth-order valence-electron chi connectivity index (χ4n) is 3.29. The van der Waals surface area contributed by atoms with Crippen molar-refractivity contribution in [1.82, 2.24) is 5.32 Å². The van der Waals surface area contributed by atoms with Gasteiger partial charge >= 0.3 is 0 Å². The molecule has 0 unspecified atom stereocenters. The van der Waals surface area contributed by atoms with Crippen molar-refractivity contribution in [2.75, 3.05) is 20.6 Å². The maximum absolute atomic E-state index is 12.7. The highest BCUT2D eigenvalue weighted by Gasteiger charge is 2.19. The van der Waals surface area contributed by atoms with Crippen LogP contribution in [0.25, 0.3) is 11.0 Å². The first-order chi connectivity index (χ1) is 12.5. The molecule has 3 rings (SSSR count). The number of furan rings is 1. The van der Waals surface area contributed by atoms with E-state index in [1.807, 2.05) is 24.3 Å². The van der Waals surface area contributed by atoms with Gasteiger partial charge in [-0.05, 0) is 30.5 Å². The number of fused-ring (bicyclic) bond motifs is 1. The lowest BCUT2D eigenvalue weighted by Gasteiger charge is -2.20. The molecule has 1 atom stereocenters. The van der Waals surface area contributed by atoms with E-state index in [4.69, 9.17) is 4.42 Å². The van der Waals surface area contributed by atoms with Gasteiger partial charge in [0.1, 0.15) is 18.2 Å². The highest BCUT2D eigenvalue weighted by Crippen LogP contribution is 2.26. The van der Waals surface area contributed by atoms with Crippen LogP contribution in [0.5, 0.6) is 0 Å². The second-order valence-electron chi connectivity index (χ2n) is 7.26. The monoisotopic (exact) mass is 351 g/mol. The molecular weight excluding hydrogens is 324 g/mol. The highest BCUT2D eigenvalue weighted by molar-refractivity contribution is 5.89. The molecule has 3 aromatic rings. The Bertz CT molecular complexity index is 897. The number of quaternary nitrogens is 1. The van der Waals surface area contributed by atoms with Crippen molar-refractivity contribution in [1.29, 1.82) is 0 Å². The van der Waals surface area contributed by atoms with E-state index in [2.05, 4.69) is 51.5 Å². The van der Waals surface area contributed by atoms with Crippen LogP contribution in [-0.2, 0) is 11.2 Å². The van der Waals surface area contributed by atoms with E-state index < -0.39 is 0 Å². The summed E-state index contributed by atoms with van der Waals surface area (Å²) in [6, 6.07) is 14.3. The molecule has 2 aromatic carbocycles. The molecule has 1 amide bonds. The summed E-state index contributed by atoms with van der Waals surface area (Å²) in [6.45, 7) is 4.95. The molecule has 4 heteroatoms. The van der Waals surface area contributed by atoms with Gasteiger partial charge in [-0.25, -0.2) is 0 Å². The minimum atomic E-state index is -0.00385. The van der Waals surface area contributed by atoms with E-state index >= 15 is 0 Å².